The molecule has 0 heterocycles. The number of likely N-dealkylation sites (N-methyl/N-ethyl adjacent to an activating group) is 1. The fraction of sp³-hybridized carbons (Fsp3) is 0.263. The molecule has 0 aliphatic rings. The molecule has 5 nitrogen and oxygen atoms in total. The summed E-state index contributed by atoms with van der Waals surface area (Å²) in [6.45, 7) is 1.59. The van der Waals surface area contributed by atoms with Gasteiger partial charge in [-0.2, -0.15) is 13.2 Å². The van der Waals surface area contributed by atoms with Crippen molar-refractivity contribution in [2.75, 3.05) is 37.8 Å². The maximum Gasteiger partial charge on any atom is 0.416 e. The second kappa shape index (κ2) is 9.52. The van der Waals surface area contributed by atoms with Crippen LogP contribution in [-0.2, 0) is 6.18 Å². The number of rotatable bonds is 6. The molecule has 0 aliphatic carbocycles. The highest BCUT2D eigenvalue weighted by Gasteiger charge is 2.30. The second-order valence-corrected chi connectivity index (χ2v) is 6.86. The normalized spacial score (nSPS) is 11.2. The fourth-order valence-corrected chi connectivity index (χ4v) is 2.54. The van der Waals surface area contributed by atoms with Gasteiger partial charge in [-0.15, -0.1) is 0 Å². The molecular weight excluding hydrogens is 389 g/mol. The van der Waals surface area contributed by atoms with Crippen LogP contribution in [0, 0.1) is 0 Å². The van der Waals surface area contributed by atoms with E-state index in [1.54, 1.807) is 24.3 Å². The van der Waals surface area contributed by atoms with E-state index in [-0.39, 0.29) is 5.69 Å². The van der Waals surface area contributed by atoms with Crippen molar-refractivity contribution in [2.24, 2.45) is 0 Å². The molecule has 2 aromatic rings. The lowest BCUT2D eigenvalue weighted by molar-refractivity contribution is -0.856. The highest BCUT2D eigenvalue weighted by Crippen LogP contribution is 2.30. The summed E-state index contributed by atoms with van der Waals surface area (Å²) in [6.07, 6.45) is -4.47. The van der Waals surface area contributed by atoms with Crippen molar-refractivity contribution < 1.29 is 22.9 Å². The summed E-state index contributed by atoms with van der Waals surface area (Å²) in [5.41, 5.74) is 0.146. The molecule has 0 radical (unpaired) electrons. The summed E-state index contributed by atoms with van der Waals surface area (Å²) in [6, 6.07) is 11.0. The Morgan fingerprint density at radius 2 is 1.68 bits per heavy atom. The zero-order valence-electron chi connectivity index (χ0n) is 15.5. The first-order chi connectivity index (χ1) is 13.1. The van der Waals surface area contributed by atoms with Crippen LogP contribution in [0.3, 0.4) is 0 Å². The Labute approximate surface area is 166 Å². The molecule has 0 aromatic heterocycles. The molecule has 150 valence electrons. The Balaban J connectivity index is 2.01. The van der Waals surface area contributed by atoms with Crippen LogP contribution >= 0.6 is 12.2 Å². The minimum atomic E-state index is -4.47. The summed E-state index contributed by atoms with van der Waals surface area (Å²) >= 11 is 5.21. The van der Waals surface area contributed by atoms with Gasteiger partial charge in [0, 0.05) is 16.9 Å². The van der Waals surface area contributed by atoms with Crippen molar-refractivity contribution >= 4 is 34.6 Å². The van der Waals surface area contributed by atoms with Gasteiger partial charge in [0.2, 0.25) is 0 Å². The first kappa shape index (κ1) is 21.6. The number of hydrogen-bond donors (Lipinski definition) is 4. The highest BCUT2D eigenvalue weighted by atomic mass is 32.1. The molecular formula is C19H22F3N4OS+. The first-order valence-corrected chi connectivity index (χ1v) is 8.98. The zero-order chi connectivity index (χ0) is 20.7. The smallest absolute Gasteiger partial charge is 0.357 e. The van der Waals surface area contributed by atoms with Crippen molar-refractivity contribution in [1.82, 2.24) is 5.32 Å². The predicted molar refractivity (Wildman–Crippen MR) is 108 cm³/mol. The van der Waals surface area contributed by atoms with Gasteiger partial charge in [0.25, 0.3) is 5.91 Å². The van der Waals surface area contributed by atoms with Crippen molar-refractivity contribution in [3.05, 3.63) is 59.7 Å². The minimum absolute atomic E-state index is 0.0709. The Morgan fingerprint density at radius 3 is 2.32 bits per heavy atom. The third kappa shape index (κ3) is 6.82. The van der Waals surface area contributed by atoms with Gasteiger partial charge in [0.05, 0.1) is 32.7 Å². The lowest BCUT2D eigenvalue weighted by Gasteiger charge is -2.13. The number of amides is 1. The molecule has 0 atom stereocenters. The molecule has 0 saturated heterocycles. The molecule has 2 aromatic carbocycles. The van der Waals surface area contributed by atoms with E-state index in [1.807, 2.05) is 14.1 Å². The van der Waals surface area contributed by atoms with Gasteiger partial charge in [-0.05, 0) is 48.6 Å². The Kier molecular flexibility index (Phi) is 7.36. The lowest BCUT2D eigenvalue weighted by atomic mass is 10.1. The van der Waals surface area contributed by atoms with Crippen LogP contribution in [0.1, 0.15) is 15.9 Å². The summed E-state index contributed by atoms with van der Waals surface area (Å²) in [4.78, 5) is 13.7. The van der Waals surface area contributed by atoms with Crippen molar-refractivity contribution in [3.63, 3.8) is 0 Å². The van der Waals surface area contributed by atoms with Gasteiger partial charge in [0.15, 0.2) is 5.11 Å². The van der Waals surface area contributed by atoms with E-state index in [2.05, 4.69) is 16.0 Å². The molecule has 0 aliphatic heterocycles. The van der Waals surface area contributed by atoms with Gasteiger partial charge < -0.3 is 20.9 Å². The molecule has 9 heteroatoms. The van der Waals surface area contributed by atoms with E-state index >= 15 is 0 Å². The summed E-state index contributed by atoms with van der Waals surface area (Å²) in [5, 5.41) is 8.96. The van der Waals surface area contributed by atoms with Crippen molar-refractivity contribution in [3.8, 4) is 0 Å². The van der Waals surface area contributed by atoms with Crippen LogP contribution < -0.4 is 20.9 Å². The standard InChI is InChI=1S/C19H21F3N4OS/c1-26(2)10-9-23-18(28)25-15-7-3-5-13(11-15)17(27)24-16-8-4-6-14(12-16)19(20,21)22/h3-8,11-12H,9-10H2,1-2H3,(H,24,27)(H2,23,25,28)/p+1. The number of nitrogens with one attached hydrogen (secondary N) is 4. The predicted octanol–water partition coefficient (Wildman–Crippen LogP) is 2.39. The Bertz CT molecular complexity index is 840. The maximum absolute atomic E-state index is 12.8. The molecule has 0 saturated carbocycles. The SMILES string of the molecule is C[NH+](C)CCNC(=S)Nc1cccc(C(=O)Nc2cccc(C(F)(F)F)c2)c1. The molecule has 4 N–H and O–H groups in total. The average molecular weight is 411 g/mol. The van der Waals surface area contributed by atoms with Crippen molar-refractivity contribution in [1.29, 1.82) is 0 Å². The number of carbonyl (C=O) groups excluding carboxylic acids is 1. The average Bonchev–Trinajstić information content (AvgIpc) is 2.61. The number of carbonyl (C=O) groups is 1. The number of benzene rings is 2. The topological polar surface area (TPSA) is 57.6 Å². The minimum Gasteiger partial charge on any atom is -0.357 e. The molecule has 0 unspecified atom stereocenters. The number of thiocarbonyl (C=S) groups is 1. The van der Waals surface area contributed by atoms with Crippen LogP contribution in [0.25, 0.3) is 0 Å². The van der Waals surface area contributed by atoms with E-state index in [9.17, 15) is 18.0 Å². The highest BCUT2D eigenvalue weighted by molar-refractivity contribution is 7.80. The van der Waals surface area contributed by atoms with Crippen LogP contribution in [0.5, 0.6) is 0 Å². The monoisotopic (exact) mass is 411 g/mol. The van der Waals surface area contributed by atoms with E-state index in [1.165, 1.54) is 17.0 Å². The largest absolute Gasteiger partial charge is 0.416 e. The van der Waals surface area contributed by atoms with E-state index in [0.717, 1.165) is 18.7 Å². The van der Waals surface area contributed by atoms with E-state index < -0.39 is 17.6 Å². The molecule has 0 spiro atoms. The molecule has 0 bridgehead atoms. The van der Waals surface area contributed by atoms with E-state index in [4.69, 9.17) is 12.2 Å². The number of quaternary nitrogens is 1. The quantitative estimate of drug-likeness (QED) is 0.552. The van der Waals surface area contributed by atoms with Gasteiger partial charge in [-0.1, -0.05) is 12.1 Å². The third-order valence-corrected chi connectivity index (χ3v) is 3.99. The van der Waals surface area contributed by atoms with Crippen LogP contribution in [0.2, 0.25) is 0 Å². The zero-order valence-corrected chi connectivity index (χ0v) is 16.3. The van der Waals surface area contributed by atoms with Crippen LogP contribution in [0.4, 0.5) is 24.5 Å². The summed E-state index contributed by atoms with van der Waals surface area (Å²) in [7, 11) is 4.06. The van der Waals surface area contributed by atoms with Gasteiger partial charge in [-0.25, -0.2) is 0 Å². The molecule has 2 rings (SSSR count). The second-order valence-electron chi connectivity index (χ2n) is 6.45. The number of halogens is 3. The van der Waals surface area contributed by atoms with Gasteiger partial charge in [-0.3, -0.25) is 4.79 Å². The van der Waals surface area contributed by atoms with Crippen molar-refractivity contribution in [2.45, 2.75) is 6.18 Å². The van der Waals surface area contributed by atoms with Crippen LogP contribution in [-0.4, -0.2) is 38.2 Å². The van der Waals surface area contributed by atoms with Gasteiger partial charge in [0.1, 0.15) is 0 Å². The number of anilines is 2. The van der Waals surface area contributed by atoms with Crippen LogP contribution in [0.15, 0.2) is 48.5 Å². The summed E-state index contributed by atoms with van der Waals surface area (Å²) < 4.78 is 38.4. The Hall–Kier alpha value is -2.65. The molecule has 28 heavy (non-hydrogen) atoms. The fourth-order valence-electron chi connectivity index (χ4n) is 2.32. The van der Waals surface area contributed by atoms with E-state index in [0.29, 0.717) is 22.9 Å². The number of hydrogen-bond acceptors (Lipinski definition) is 2. The third-order valence-electron chi connectivity index (χ3n) is 3.74. The molecule has 1 amide bonds. The maximum atomic E-state index is 12.8. The first-order valence-electron chi connectivity index (χ1n) is 8.58. The number of alkyl halides is 3. The Morgan fingerprint density at radius 1 is 1.04 bits per heavy atom. The van der Waals surface area contributed by atoms with Gasteiger partial charge >= 0.3 is 6.18 Å². The molecule has 0 fully saturated rings. The summed E-state index contributed by atoms with van der Waals surface area (Å²) in [5.74, 6) is -0.516. The lowest BCUT2D eigenvalue weighted by Crippen LogP contribution is -3.06.